The van der Waals surface area contributed by atoms with Gasteiger partial charge in [-0.2, -0.15) is 0 Å². The van der Waals surface area contributed by atoms with Crippen LogP contribution < -0.4 is 0 Å². The number of rotatable bonds is 3. The highest BCUT2D eigenvalue weighted by atomic mass is 32.2. The smallest absolute Gasteiger partial charge is 0.341 e. The van der Waals surface area contributed by atoms with Crippen molar-refractivity contribution in [1.82, 2.24) is 4.40 Å². The lowest BCUT2D eigenvalue weighted by Gasteiger charge is -2.05. The van der Waals surface area contributed by atoms with Gasteiger partial charge in [0.15, 0.2) is 0 Å². The highest BCUT2D eigenvalue weighted by molar-refractivity contribution is 7.98. The summed E-state index contributed by atoms with van der Waals surface area (Å²) in [5, 5.41) is 2.05. The molecule has 126 valence electrons. The average molecular weight is 353 g/mol. The van der Waals surface area contributed by atoms with Gasteiger partial charge >= 0.3 is 11.9 Å². The van der Waals surface area contributed by atoms with E-state index in [2.05, 4.69) is 0 Å². The van der Waals surface area contributed by atoms with Crippen molar-refractivity contribution in [2.75, 3.05) is 20.5 Å². The Morgan fingerprint density at radius 3 is 2.32 bits per heavy atom. The first-order valence-corrected chi connectivity index (χ1v) is 8.87. The molecular weight excluding hydrogens is 338 g/mol. The number of esters is 2. The van der Waals surface area contributed by atoms with Gasteiger partial charge in [-0.05, 0) is 23.8 Å². The molecule has 0 atom stereocenters. The Hall–Kier alpha value is -2.73. The molecule has 4 aromatic rings. The Labute approximate surface area is 147 Å². The van der Waals surface area contributed by atoms with Crippen molar-refractivity contribution in [2.45, 2.75) is 4.90 Å². The molecule has 0 aliphatic carbocycles. The summed E-state index contributed by atoms with van der Waals surface area (Å²) in [6.45, 7) is 0. The predicted molar refractivity (Wildman–Crippen MR) is 98.1 cm³/mol. The van der Waals surface area contributed by atoms with E-state index in [4.69, 9.17) is 9.47 Å². The van der Waals surface area contributed by atoms with E-state index in [1.54, 1.807) is 0 Å². The Kier molecular flexibility index (Phi) is 3.58. The quantitative estimate of drug-likeness (QED) is 0.412. The fourth-order valence-electron chi connectivity index (χ4n) is 3.43. The third-order valence-corrected chi connectivity index (χ3v) is 5.23. The maximum absolute atomic E-state index is 12.5. The van der Waals surface area contributed by atoms with Crippen molar-refractivity contribution < 1.29 is 19.1 Å². The maximum atomic E-state index is 12.5. The lowest BCUT2D eigenvalue weighted by atomic mass is 10.1. The third-order valence-electron chi connectivity index (χ3n) is 4.48. The molecule has 0 spiro atoms. The van der Waals surface area contributed by atoms with Crippen LogP contribution in [0.25, 0.3) is 27.3 Å². The maximum Gasteiger partial charge on any atom is 0.341 e. The van der Waals surface area contributed by atoms with E-state index in [0.717, 1.165) is 21.2 Å². The molecular formula is C19H15NO4S. The number of aromatic nitrogens is 1. The first-order chi connectivity index (χ1) is 12.1. The summed E-state index contributed by atoms with van der Waals surface area (Å²) >= 11 is 1.53. The van der Waals surface area contributed by atoms with Crippen molar-refractivity contribution in [3.63, 3.8) is 0 Å². The van der Waals surface area contributed by atoms with Crippen molar-refractivity contribution in [3.8, 4) is 0 Å². The van der Waals surface area contributed by atoms with Gasteiger partial charge in [0.25, 0.3) is 0 Å². The molecule has 3 heterocycles. The molecule has 0 aliphatic rings. The summed E-state index contributed by atoms with van der Waals surface area (Å²) in [7, 11) is 2.62. The summed E-state index contributed by atoms with van der Waals surface area (Å²) in [6.07, 6.45) is 1.94. The number of methoxy groups -OCH3 is 2. The van der Waals surface area contributed by atoms with Crippen LogP contribution in [0.2, 0.25) is 0 Å². The molecule has 0 radical (unpaired) electrons. The minimum atomic E-state index is -0.548. The van der Waals surface area contributed by atoms with Crippen LogP contribution >= 0.6 is 11.8 Å². The number of hydrogen-bond acceptors (Lipinski definition) is 5. The molecule has 5 nitrogen and oxygen atoms in total. The summed E-state index contributed by atoms with van der Waals surface area (Å²) in [4.78, 5) is 25.9. The molecule has 0 bridgehead atoms. The number of carbonyl (C=O) groups is 2. The monoisotopic (exact) mass is 353 g/mol. The molecule has 0 amide bonds. The second kappa shape index (κ2) is 5.67. The average Bonchev–Trinajstić information content (AvgIpc) is 3.19. The van der Waals surface area contributed by atoms with E-state index in [0.29, 0.717) is 11.0 Å². The summed E-state index contributed by atoms with van der Waals surface area (Å²) in [5.74, 6) is -1.09. The lowest BCUT2D eigenvalue weighted by Crippen LogP contribution is -2.10. The van der Waals surface area contributed by atoms with Gasteiger partial charge in [-0.1, -0.05) is 24.3 Å². The number of nitrogens with zero attached hydrogens (tertiary/aromatic N) is 1. The van der Waals surface area contributed by atoms with Crippen LogP contribution in [0.1, 0.15) is 20.7 Å². The molecule has 6 heteroatoms. The van der Waals surface area contributed by atoms with Gasteiger partial charge in [0.05, 0.1) is 30.8 Å². The van der Waals surface area contributed by atoms with E-state index < -0.39 is 11.9 Å². The van der Waals surface area contributed by atoms with Gasteiger partial charge in [0, 0.05) is 10.3 Å². The fraction of sp³-hybridized carbons (Fsp3) is 0.158. The van der Waals surface area contributed by atoms with Crippen LogP contribution in [0.3, 0.4) is 0 Å². The number of carbonyl (C=O) groups excluding carboxylic acids is 2. The van der Waals surface area contributed by atoms with Crippen molar-refractivity contribution in [1.29, 1.82) is 0 Å². The van der Waals surface area contributed by atoms with Crippen LogP contribution in [0.15, 0.2) is 41.3 Å². The van der Waals surface area contributed by atoms with E-state index >= 15 is 0 Å². The second-order valence-electron chi connectivity index (χ2n) is 5.63. The largest absolute Gasteiger partial charge is 0.465 e. The molecule has 0 unspecified atom stereocenters. The second-order valence-corrected chi connectivity index (χ2v) is 6.48. The molecule has 0 saturated carbocycles. The van der Waals surface area contributed by atoms with Crippen LogP contribution in [0.5, 0.6) is 0 Å². The van der Waals surface area contributed by atoms with Crippen molar-refractivity contribution in [3.05, 3.63) is 47.5 Å². The summed E-state index contributed by atoms with van der Waals surface area (Å²) in [6, 6.07) is 11.9. The molecule has 1 aromatic carbocycles. The number of thioether (sulfide) groups is 1. The number of ether oxygens (including phenoxy) is 2. The van der Waals surface area contributed by atoms with E-state index in [9.17, 15) is 9.59 Å². The van der Waals surface area contributed by atoms with Gasteiger partial charge < -0.3 is 13.9 Å². The molecule has 0 aliphatic heterocycles. The first kappa shape index (κ1) is 15.8. The SMILES string of the molecule is COC(=O)c1c(C(=O)OC)c2c(SC)cc3c4ccccc4cc1n23. The van der Waals surface area contributed by atoms with Gasteiger partial charge in [0.1, 0.15) is 11.1 Å². The highest BCUT2D eigenvalue weighted by Gasteiger charge is 2.31. The molecule has 3 aromatic heterocycles. The molecule has 25 heavy (non-hydrogen) atoms. The van der Waals surface area contributed by atoms with Crippen LogP contribution in [-0.4, -0.2) is 36.8 Å². The standard InChI is InChI=1S/C19H15NO4S/c1-23-18(21)15-13-8-10-6-4-5-7-11(10)12-9-14(25-3)17(20(12)13)16(15)19(22)24-2/h4-9H,1-3H3. The summed E-state index contributed by atoms with van der Waals surface area (Å²) < 4.78 is 11.9. The van der Waals surface area contributed by atoms with Gasteiger partial charge in [-0.3, -0.25) is 0 Å². The van der Waals surface area contributed by atoms with Gasteiger partial charge in [0.2, 0.25) is 0 Å². The third kappa shape index (κ3) is 2.04. The van der Waals surface area contributed by atoms with Crippen molar-refractivity contribution >= 4 is 51.0 Å². The van der Waals surface area contributed by atoms with E-state index in [1.165, 1.54) is 26.0 Å². The Balaban J connectivity index is 2.31. The minimum Gasteiger partial charge on any atom is -0.465 e. The Morgan fingerprint density at radius 2 is 1.64 bits per heavy atom. The normalized spacial score (nSPS) is 11.5. The van der Waals surface area contributed by atoms with Crippen molar-refractivity contribution in [2.24, 2.45) is 0 Å². The zero-order valence-corrected chi connectivity index (χ0v) is 14.8. The summed E-state index contributed by atoms with van der Waals surface area (Å²) in [5.41, 5.74) is 2.79. The number of benzene rings is 1. The zero-order chi connectivity index (χ0) is 17.7. The number of pyridine rings is 1. The topological polar surface area (TPSA) is 57.0 Å². The number of fused-ring (bicyclic) bond motifs is 2. The van der Waals surface area contributed by atoms with Gasteiger partial charge in [-0.25, -0.2) is 9.59 Å². The van der Waals surface area contributed by atoms with Gasteiger partial charge in [-0.15, -0.1) is 11.8 Å². The Bertz CT molecular complexity index is 1140. The number of hydrogen-bond donors (Lipinski definition) is 0. The lowest BCUT2D eigenvalue weighted by molar-refractivity contribution is 0.0559. The van der Waals surface area contributed by atoms with Crippen LogP contribution in [0, 0.1) is 0 Å². The predicted octanol–water partition coefficient (Wildman–Crippen LogP) is 3.98. The molecule has 0 fully saturated rings. The molecule has 4 rings (SSSR count). The van der Waals surface area contributed by atoms with E-state index in [1.807, 2.05) is 47.1 Å². The molecule has 0 saturated heterocycles. The fourth-order valence-corrected chi connectivity index (χ4v) is 4.05. The first-order valence-electron chi connectivity index (χ1n) is 7.65. The zero-order valence-electron chi connectivity index (χ0n) is 14.0. The highest BCUT2D eigenvalue weighted by Crippen LogP contribution is 2.40. The Morgan fingerprint density at radius 1 is 0.960 bits per heavy atom. The van der Waals surface area contributed by atoms with Crippen LogP contribution in [-0.2, 0) is 9.47 Å². The van der Waals surface area contributed by atoms with Crippen LogP contribution in [0.4, 0.5) is 0 Å². The van der Waals surface area contributed by atoms with E-state index in [-0.39, 0.29) is 11.1 Å². The minimum absolute atomic E-state index is 0.246. The molecule has 0 N–H and O–H groups in total.